The normalized spacial score (nSPS) is 11.2. The molecule has 1 aromatic rings. The zero-order chi connectivity index (χ0) is 12.1. The molecule has 90 valence electrons. The topological polar surface area (TPSA) is 33.3 Å². The van der Waals surface area contributed by atoms with Crippen molar-refractivity contribution >= 4 is 0 Å². The lowest BCUT2D eigenvalue weighted by atomic mass is 10.00. The molecular weight excluding hydrogens is 200 g/mol. The monoisotopic (exact) mass is 222 g/mol. The summed E-state index contributed by atoms with van der Waals surface area (Å²) in [5.74, 6) is 1.45. The van der Waals surface area contributed by atoms with Gasteiger partial charge in [-0.15, -0.1) is 0 Å². The molecule has 0 aromatic heterocycles. The second kappa shape index (κ2) is 5.87. The first kappa shape index (κ1) is 13.0. The Balaban J connectivity index is 3.10. The Kier molecular flexibility index (Phi) is 4.77. The van der Waals surface area contributed by atoms with Crippen molar-refractivity contribution in [2.45, 2.75) is 25.9 Å². The average molecular weight is 222 g/mol. The number of ether oxygens (including phenoxy) is 1. The van der Waals surface area contributed by atoms with Crippen molar-refractivity contribution in [3.63, 3.8) is 0 Å². The van der Waals surface area contributed by atoms with Gasteiger partial charge in [0.25, 0.3) is 0 Å². The fourth-order valence-electron chi connectivity index (χ4n) is 1.78. The summed E-state index contributed by atoms with van der Waals surface area (Å²) in [6, 6.07) is 6.39. The fraction of sp³-hybridized carbons (Fsp3) is 0.538. The third-order valence-electron chi connectivity index (χ3n) is 2.81. The van der Waals surface area contributed by atoms with Gasteiger partial charge in [-0.2, -0.15) is 0 Å². The van der Waals surface area contributed by atoms with E-state index in [0.717, 1.165) is 11.3 Å². The van der Waals surface area contributed by atoms with Crippen LogP contribution in [0.3, 0.4) is 0 Å². The SMILES string of the molecule is CNC(NC)c1ccc(C(C)C)cc1OC. The Hall–Kier alpha value is -1.06. The van der Waals surface area contributed by atoms with Crippen LogP contribution in [0.2, 0.25) is 0 Å². The van der Waals surface area contributed by atoms with Crippen LogP contribution in [0.4, 0.5) is 0 Å². The smallest absolute Gasteiger partial charge is 0.125 e. The predicted octanol–water partition coefficient (Wildman–Crippen LogP) is 2.26. The second-order valence-corrected chi connectivity index (χ2v) is 4.17. The molecule has 2 N–H and O–H groups in total. The van der Waals surface area contributed by atoms with Gasteiger partial charge in [0.1, 0.15) is 5.75 Å². The zero-order valence-corrected chi connectivity index (χ0v) is 10.8. The van der Waals surface area contributed by atoms with Gasteiger partial charge in [-0.1, -0.05) is 26.0 Å². The molecule has 0 amide bonds. The molecule has 0 heterocycles. The first-order valence-corrected chi connectivity index (χ1v) is 5.66. The summed E-state index contributed by atoms with van der Waals surface area (Å²) in [4.78, 5) is 0. The van der Waals surface area contributed by atoms with E-state index in [9.17, 15) is 0 Å². The van der Waals surface area contributed by atoms with E-state index in [2.05, 4.69) is 42.7 Å². The molecule has 0 unspecified atom stereocenters. The maximum absolute atomic E-state index is 5.44. The fourth-order valence-corrected chi connectivity index (χ4v) is 1.78. The first-order chi connectivity index (χ1) is 7.63. The highest BCUT2D eigenvalue weighted by Gasteiger charge is 2.13. The zero-order valence-electron chi connectivity index (χ0n) is 10.8. The highest BCUT2D eigenvalue weighted by Crippen LogP contribution is 2.27. The van der Waals surface area contributed by atoms with Crippen LogP contribution in [-0.2, 0) is 0 Å². The third-order valence-corrected chi connectivity index (χ3v) is 2.81. The molecule has 3 heteroatoms. The van der Waals surface area contributed by atoms with Crippen LogP contribution in [0.1, 0.15) is 37.1 Å². The molecule has 1 aromatic carbocycles. The summed E-state index contributed by atoms with van der Waals surface area (Å²) < 4.78 is 5.44. The van der Waals surface area contributed by atoms with Crippen LogP contribution in [0, 0.1) is 0 Å². The largest absolute Gasteiger partial charge is 0.496 e. The molecule has 16 heavy (non-hydrogen) atoms. The molecular formula is C13H22N2O. The molecule has 0 aliphatic carbocycles. The van der Waals surface area contributed by atoms with E-state index in [0.29, 0.717) is 5.92 Å². The Morgan fingerprint density at radius 2 is 1.75 bits per heavy atom. The lowest BCUT2D eigenvalue weighted by molar-refractivity contribution is 0.394. The van der Waals surface area contributed by atoms with Crippen LogP contribution in [0.25, 0.3) is 0 Å². The standard InChI is InChI=1S/C13H22N2O/c1-9(2)10-6-7-11(12(8-10)16-5)13(14-3)15-4/h6-9,13-15H,1-5H3. The molecule has 1 rings (SSSR count). The number of methoxy groups -OCH3 is 1. The maximum atomic E-state index is 5.44. The third kappa shape index (κ3) is 2.74. The van der Waals surface area contributed by atoms with Crippen molar-refractivity contribution in [1.82, 2.24) is 10.6 Å². The van der Waals surface area contributed by atoms with Crippen molar-refractivity contribution in [2.75, 3.05) is 21.2 Å². The Labute approximate surface area is 98.2 Å². The molecule has 0 fully saturated rings. The van der Waals surface area contributed by atoms with Gasteiger partial charge in [-0.3, -0.25) is 0 Å². The van der Waals surface area contributed by atoms with Crippen molar-refractivity contribution in [3.8, 4) is 5.75 Å². The van der Waals surface area contributed by atoms with E-state index in [1.807, 2.05) is 14.1 Å². The first-order valence-electron chi connectivity index (χ1n) is 5.66. The minimum atomic E-state index is 0.121. The summed E-state index contributed by atoms with van der Waals surface area (Å²) in [5.41, 5.74) is 2.43. The van der Waals surface area contributed by atoms with E-state index in [4.69, 9.17) is 4.74 Å². The molecule has 0 aliphatic heterocycles. The Bertz CT molecular complexity index is 333. The minimum absolute atomic E-state index is 0.121. The second-order valence-electron chi connectivity index (χ2n) is 4.17. The van der Waals surface area contributed by atoms with E-state index in [1.165, 1.54) is 5.56 Å². The van der Waals surface area contributed by atoms with Gasteiger partial charge in [0.2, 0.25) is 0 Å². The van der Waals surface area contributed by atoms with Gasteiger partial charge in [0.05, 0.1) is 13.3 Å². The average Bonchev–Trinajstić information content (AvgIpc) is 2.30. The predicted molar refractivity (Wildman–Crippen MR) is 67.9 cm³/mol. The highest BCUT2D eigenvalue weighted by atomic mass is 16.5. The lowest BCUT2D eigenvalue weighted by Gasteiger charge is -2.20. The molecule has 0 atom stereocenters. The molecule has 0 spiro atoms. The molecule has 3 nitrogen and oxygen atoms in total. The maximum Gasteiger partial charge on any atom is 0.125 e. The van der Waals surface area contributed by atoms with Crippen molar-refractivity contribution in [3.05, 3.63) is 29.3 Å². The van der Waals surface area contributed by atoms with E-state index in [-0.39, 0.29) is 6.17 Å². The quantitative estimate of drug-likeness (QED) is 0.750. The molecule has 0 saturated heterocycles. The number of hydrogen-bond donors (Lipinski definition) is 2. The summed E-state index contributed by atoms with van der Waals surface area (Å²) in [6.45, 7) is 4.37. The molecule has 0 saturated carbocycles. The lowest BCUT2D eigenvalue weighted by Crippen LogP contribution is -2.29. The summed E-state index contributed by atoms with van der Waals surface area (Å²) >= 11 is 0. The summed E-state index contributed by atoms with van der Waals surface area (Å²) in [6.07, 6.45) is 0.121. The summed E-state index contributed by atoms with van der Waals surface area (Å²) in [5, 5.41) is 6.40. The van der Waals surface area contributed by atoms with Gasteiger partial charge < -0.3 is 15.4 Å². The Morgan fingerprint density at radius 1 is 1.12 bits per heavy atom. The van der Waals surface area contributed by atoms with Gasteiger partial charge in [-0.25, -0.2) is 0 Å². The Morgan fingerprint density at radius 3 is 2.19 bits per heavy atom. The number of hydrogen-bond acceptors (Lipinski definition) is 3. The van der Waals surface area contributed by atoms with Gasteiger partial charge in [0.15, 0.2) is 0 Å². The van der Waals surface area contributed by atoms with Crippen molar-refractivity contribution in [1.29, 1.82) is 0 Å². The summed E-state index contributed by atoms with van der Waals surface area (Å²) in [7, 11) is 5.57. The van der Waals surface area contributed by atoms with Crippen molar-refractivity contribution in [2.24, 2.45) is 0 Å². The van der Waals surface area contributed by atoms with E-state index in [1.54, 1.807) is 7.11 Å². The minimum Gasteiger partial charge on any atom is -0.496 e. The van der Waals surface area contributed by atoms with E-state index >= 15 is 0 Å². The van der Waals surface area contributed by atoms with Gasteiger partial charge in [0, 0.05) is 5.56 Å². The van der Waals surface area contributed by atoms with Crippen LogP contribution >= 0.6 is 0 Å². The van der Waals surface area contributed by atoms with Gasteiger partial charge in [-0.05, 0) is 31.6 Å². The number of benzene rings is 1. The van der Waals surface area contributed by atoms with Gasteiger partial charge >= 0.3 is 0 Å². The number of rotatable bonds is 5. The van der Waals surface area contributed by atoms with Crippen LogP contribution in [0.5, 0.6) is 5.75 Å². The van der Waals surface area contributed by atoms with E-state index < -0.39 is 0 Å². The van der Waals surface area contributed by atoms with Crippen molar-refractivity contribution < 1.29 is 4.74 Å². The van der Waals surface area contributed by atoms with Crippen LogP contribution in [-0.4, -0.2) is 21.2 Å². The molecule has 0 radical (unpaired) electrons. The van der Waals surface area contributed by atoms with Crippen LogP contribution < -0.4 is 15.4 Å². The molecule has 0 bridgehead atoms. The number of nitrogens with one attached hydrogen (secondary N) is 2. The van der Waals surface area contributed by atoms with Crippen LogP contribution in [0.15, 0.2) is 18.2 Å². The highest BCUT2D eigenvalue weighted by molar-refractivity contribution is 5.40. The molecule has 0 aliphatic rings.